The molecule has 6 nitrogen and oxygen atoms in total. The summed E-state index contributed by atoms with van der Waals surface area (Å²) in [6.45, 7) is 3.92. The summed E-state index contributed by atoms with van der Waals surface area (Å²) in [5.41, 5.74) is 1.27. The molecule has 9 heteroatoms. The van der Waals surface area contributed by atoms with Gasteiger partial charge in [0.05, 0.1) is 19.6 Å². The van der Waals surface area contributed by atoms with E-state index >= 15 is 0 Å². The molecule has 1 saturated carbocycles. The van der Waals surface area contributed by atoms with Gasteiger partial charge in [-0.2, -0.15) is 0 Å². The molecule has 0 N–H and O–H groups in total. The molecule has 3 heterocycles. The van der Waals surface area contributed by atoms with Gasteiger partial charge in [-0.05, 0) is 67.6 Å². The highest BCUT2D eigenvalue weighted by molar-refractivity contribution is 5.79. The first kappa shape index (κ1) is 24.8. The smallest absolute Gasteiger partial charge is 0.267 e. The first-order valence-electron chi connectivity index (χ1n) is 12.9. The molecule has 2 aromatic rings. The van der Waals surface area contributed by atoms with Crippen molar-refractivity contribution >= 4 is 11.9 Å². The predicted molar refractivity (Wildman–Crippen MR) is 130 cm³/mol. The fourth-order valence-electron chi connectivity index (χ4n) is 5.57. The number of carbonyl (C=O) groups excluding carboxylic acids is 1. The summed E-state index contributed by atoms with van der Waals surface area (Å²) in [5, 5.41) is 0. The lowest BCUT2D eigenvalue weighted by atomic mass is 9.90. The molecule has 36 heavy (non-hydrogen) atoms. The van der Waals surface area contributed by atoms with Crippen LogP contribution in [0.5, 0.6) is 5.75 Å². The SMILES string of the molecule is Cc1cnc(N2CCC([C@H]3C[C@H]3CCOc3ccc(CC(=O)N4CCC(F)(F)C4)c(F)c3)CC2)nc1. The highest BCUT2D eigenvalue weighted by atomic mass is 19.3. The maximum atomic E-state index is 14.5. The van der Waals surface area contributed by atoms with Crippen molar-refractivity contribution in [1.29, 1.82) is 0 Å². The zero-order chi connectivity index (χ0) is 25.3. The second-order valence-electron chi connectivity index (χ2n) is 10.5. The Morgan fingerprint density at radius 3 is 2.58 bits per heavy atom. The maximum absolute atomic E-state index is 14.5. The van der Waals surface area contributed by atoms with Gasteiger partial charge in [-0.1, -0.05) is 6.07 Å². The Kier molecular flexibility index (Phi) is 7.08. The van der Waals surface area contributed by atoms with Crippen LogP contribution >= 0.6 is 0 Å². The second-order valence-corrected chi connectivity index (χ2v) is 10.5. The summed E-state index contributed by atoms with van der Waals surface area (Å²) >= 11 is 0. The Morgan fingerprint density at radius 2 is 1.92 bits per heavy atom. The normalized spacial score (nSPS) is 23.7. The summed E-state index contributed by atoms with van der Waals surface area (Å²) in [6.07, 6.45) is 7.64. The lowest BCUT2D eigenvalue weighted by molar-refractivity contribution is -0.130. The molecule has 3 aliphatic rings. The van der Waals surface area contributed by atoms with Gasteiger partial charge in [0, 0.05) is 44.5 Å². The van der Waals surface area contributed by atoms with Crippen LogP contribution in [0.25, 0.3) is 0 Å². The summed E-state index contributed by atoms with van der Waals surface area (Å²) in [7, 11) is 0. The van der Waals surface area contributed by atoms with Gasteiger partial charge in [-0.15, -0.1) is 0 Å². The van der Waals surface area contributed by atoms with E-state index in [0.717, 1.165) is 60.6 Å². The molecular weight excluding hydrogens is 469 g/mol. The van der Waals surface area contributed by atoms with E-state index < -0.39 is 24.2 Å². The van der Waals surface area contributed by atoms with E-state index in [2.05, 4.69) is 14.9 Å². The van der Waals surface area contributed by atoms with Crippen LogP contribution in [-0.4, -0.2) is 59.5 Å². The minimum Gasteiger partial charge on any atom is -0.493 e. The van der Waals surface area contributed by atoms with Crippen LogP contribution in [0, 0.1) is 30.5 Å². The summed E-state index contributed by atoms with van der Waals surface area (Å²) < 4.78 is 47.0. The molecule has 194 valence electrons. The number of carbonyl (C=O) groups is 1. The summed E-state index contributed by atoms with van der Waals surface area (Å²) in [6, 6.07) is 4.45. The third-order valence-corrected chi connectivity index (χ3v) is 7.82. The number of rotatable bonds is 8. The van der Waals surface area contributed by atoms with Crippen LogP contribution in [0.15, 0.2) is 30.6 Å². The standard InChI is InChI=1S/C27H33F3N4O2/c1-18-15-31-26(32-16-18)33-8-4-19(5-9-33)23-12-20(23)6-11-36-22-3-2-21(24(28)14-22)13-25(35)34-10-7-27(29,30)17-34/h2-3,14-16,19-20,23H,4-13,17H2,1H3/t20-,23-/m1/s1. The Morgan fingerprint density at radius 1 is 1.17 bits per heavy atom. The van der Waals surface area contributed by atoms with E-state index in [1.54, 1.807) is 6.07 Å². The van der Waals surface area contributed by atoms with Crippen LogP contribution < -0.4 is 9.64 Å². The number of halogens is 3. The molecule has 0 radical (unpaired) electrons. The van der Waals surface area contributed by atoms with Crippen molar-refractivity contribution in [1.82, 2.24) is 14.9 Å². The van der Waals surface area contributed by atoms with Gasteiger partial charge in [0.1, 0.15) is 11.6 Å². The maximum Gasteiger partial charge on any atom is 0.267 e. The molecule has 1 aliphatic carbocycles. The minimum atomic E-state index is -2.85. The number of aryl methyl sites for hydroxylation is 1. The Labute approximate surface area is 209 Å². The molecule has 0 unspecified atom stereocenters. The first-order chi connectivity index (χ1) is 17.3. The Bertz CT molecular complexity index is 1070. The van der Waals surface area contributed by atoms with E-state index in [0.29, 0.717) is 18.3 Å². The van der Waals surface area contributed by atoms with Crippen molar-refractivity contribution in [3.8, 4) is 5.75 Å². The first-order valence-corrected chi connectivity index (χ1v) is 12.9. The molecule has 2 saturated heterocycles. The van der Waals surface area contributed by atoms with Gasteiger partial charge < -0.3 is 14.5 Å². The van der Waals surface area contributed by atoms with Crippen molar-refractivity contribution in [2.24, 2.45) is 17.8 Å². The number of benzene rings is 1. The van der Waals surface area contributed by atoms with Crippen molar-refractivity contribution in [2.75, 3.05) is 37.7 Å². The van der Waals surface area contributed by atoms with Gasteiger partial charge in [0.25, 0.3) is 5.92 Å². The number of likely N-dealkylation sites (tertiary alicyclic amines) is 1. The van der Waals surface area contributed by atoms with Crippen LogP contribution in [-0.2, 0) is 11.2 Å². The molecule has 2 atom stereocenters. The average Bonchev–Trinajstić information content (AvgIpc) is 3.54. The number of hydrogen-bond donors (Lipinski definition) is 0. The zero-order valence-electron chi connectivity index (χ0n) is 20.6. The van der Waals surface area contributed by atoms with Crippen molar-refractivity contribution < 1.29 is 22.7 Å². The molecule has 1 amide bonds. The molecule has 0 bridgehead atoms. The molecule has 2 aliphatic heterocycles. The van der Waals surface area contributed by atoms with Crippen LogP contribution in [0.2, 0.25) is 0 Å². The summed E-state index contributed by atoms with van der Waals surface area (Å²) in [5.74, 6) is -0.505. The molecule has 3 fully saturated rings. The van der Waals surface area contributed by atoms with Crippen LogP contribution in [0.1, 0.15) is 43.2 Å². The number of ether oxygens (including phenoxy) is 1. The highest BCUT2D eigenvalue weighted by Crippen LogP contribution is 2.49. The number of piperidine rings is 1. The number of nitrogens with zero attached hydrogens (tertiary/aromatic N) is 4. The largest absolute Gasteiger partial charge is 0.493 e. The van der Waals surface area contributed by atoms with Crippen LogP contribution in [0.4, 0.5) is 19.1 Å². The Hall–Kier alpha value is -2.84. The minimum absolute atomic E-state index is 0.0110. The number of aromatic nitrogens is 2. The van der Waals surface area contributed by atoms with E-state index in [9.17, 15) is 18.0 Å². The predicted octanol–water partition coefficient (Wildman–Crippen LogP) is 4.66. The fourth-order valence-corrected chi connectivity index (χ4v) is 5.57. The van der Waals surface area contributed by atoms with E-state index in [-0.39, 0.29) is 24.9 Å². The van der Waals surface area contributed by atoms with Gasteiger partial charge >= 0.3 is 0 Å². The highest BCUT2D eigenvalue weighted by Gasteiger charge is 2.43. The fraction of sp³-hybridized carbons (Fsp3) is 0.593. The number of anilines is 1. The molecule has 5 rings (SSSR count). The lowest BCUT2D eigenvalue weighted by Gasteiger charge is -2.32. The number of alkyl halides is 2. The molecule has 1 aromatic carbocycles. The van der Waals surface area contributed by atoms with E-state index in [1.807, 2.05) is 19.3 Å². The lowest BCUT2D eigenvalue weighted by Crippen LogP contribution is -2.35. The van der Waals surface area contributed by atoms with Crippen molar-refractivity contribution in [3.05, 3.63) is 47.5 Å². The quantitative estimate of drug-likeness (QED) is 0.526. The van der Waals surface area contributed by atoms with Crippen LogP contribution in [0.3, 0.4) is 0 Å². The van der Waals surface area contributed by atoms with Gasteiger partial charge in [-0.3, -0.25) is 4.79 Å². The molecule has 1 aromatic heterocycles. The van der Waals surface area contributed by atoms with Crippen molar-refractivity contribution in [2.45, 2.75) is 51.4 Å². The monoisotopic (exact) mass is 502 g/mol. The molecular formula is C27H33F3N4O2. The van der Waals surface area contributed by atoms with Gasteiger partial charge in [0.2, 0.25) is 11.9 Å². The number of amides is 1. The third kappa shape index (κ3) is 5.93. The average molecular weight is 503 g/mol. The zero-order valence-corrected chi connectivity index (χ0v) is 20.6. The van der Waals surface area contributed by atoms with E-state index in [1.165, 1.54) is 18.6 Å². The van der Waals surface area contributed by atoms with Crippen molar-refractivity contribution in [3.63, 3.8) is 0 Å². The topological polar surface area (TPSA) is 58.6 Å². The second kappa shape index (κ2) is 10.3. The molecule has 0 spiro atoms. The third-order valence-electron chi connectivity index (χ3n) is 7.82. The van der Waals surface area contributed by atoms with Gasteiger partial charge in [-0.25, -0.2) is 23.1 Å². The number of hydrogen-bond acceptors (Lipinski definition) is 5. The Balaban J connectivity index is 1.02. The van der Waals surface area contributed by atoms with Gasteiger partial charge in [0.15, 0.2) is 0 Å². The summed E-state index contributed by atoms with van der Waals surface area (Å²) in [4.78, 5) is 24.5. The van der Waals surface area contributed by atoms with E-state index in [4.69, 9.17) is 4.74 Å².